The van der Waals surface area contributed by atoms with E-state index in [9.17, 15) is 22.0 Å². The lowest BCUT2D eigenvalue weighted by Crippen LogP contribution is -2.33. The molecule has 3 aromatic carbocycles. The van der Waals surface area contributed by atoms with Gasteiger partial charge >= 0.3 is 0 Å². The highest BCUT2D eigenvalue weighted by atomic mass is 32.2. The average Bonchev–Trinajstić information content (AvgIpc) is 3.50. The second-order valence-corrected chi connectivity index (χ2v) is 12.1. The van der Waals surface area contributed by atoms with E-state index in [0.717, 1.165) is 28.8 Å². The molecule has 1 N–H and O–H groups in total. The first-order chi connectivity index (χ1) is 19.2. The number of amides is 1. The predicted molar refractivity (Wildman–Crippen MR) is 146 cm³/mol. The van der Waals surface area contributed by atoms with Crippen molar-refractivity contribution in [2.45, 2.75) is 42.7 Å². The number of benzene rings is 3. The van der Waals surface area contributed by atoms with Crippen LogP contribution in [-0.4, -0.2) is 23.9 Å². The van der Waals surface area contributed by atoms with Gasteiger partial charge in [0.05, 0.1) is 11.4 Å². The molecule has 4 aromatic rings. The number of nitrogens with zero attached hydrogens (tertiary/aromatic N) is 3. The second-order valence-electron chi connectivity index (χ2n) is 10.4. The Bertz CT molecular complexity index is 1690. The Morgan fingerprint density at radius 3 is 2.60 bits per heavy atom. The van der Waals surface area contributed by atoms with Crippen molar-refractivity contribution in [3.8, 4) is 0 Å². The highest BCUT2D eigenvalue weighted by Gasteiger charge is 2.46. The molecule has 2 aliphatic rings. The molecule has 1 heterocycles. The number of nitrogens with one attached hydrogen (secondary N) is 1. The molecule has 0 spiro atoms. The maximum absolute atomic E-state index is 13.9. The van der Waals surface area contributed by atoms with Crippen LogP contribution in [0.4, 0.5) is 14.5 Å². The number of fused-ring (bicyclic) bond motifs is 1. The van der Waals surface area contributed by atoms with Crippen molar-refractivity contribution in [1.82, 2.24) is 14.3 Å². The molecule has 10 heteroatoms. The fourth-order valence-corrected chi connectivity index (χ4v) is 6.76. The zero-order valence-electron chi connectivity index (χ0n) is 21.8. The number of carbonyl (C=O) groups is 1. The highest BCUT2D eigenvalue weighted by molar-refractivity contribution is 7.89. The summed E-state index contributed by atoms with van der Waals surface area (Å²) < 4.78 is 57.9. The Balaban J connectivity index is 1.29. The minimum atomic E-state index is -3.89. The number of halogens is 2. The van der Waals surface area contributed by atoms with Crippen LogP contribution in [0.1, 0.15) is 47.3 Å². The Morgan fingerprint density at radius 2 is 1.88 bits per heavy atom. The van der Waals surface area contributed by atoms with E-state index in [0.29, 0.717) is 30.8 Å². The molecule has 1 aromatic heterocycles. The first-order valence-electron chi connectivity index (χ1n) is 13.1. The Hall–Kier alpha value is -3.89. The molecule has 3 atom stereocenters. The number of rotatable bonds is 8. The number of hydrogen-bond acceptors (Lipinski definition) is 4. The molecular weight excluding hydrogens is 534 g/mol. The van der Waals surface area contributed by atoms with Crippen molar-refractivity contribution < 1.29 is 22.0 Å². The number of hydrogen-bond donors (Lipinski definition) is 1. The third-order valence-electron chi connectivity index (χ3n) is 7.81. The number of anilines is 1. The minimum Gasteiger partial charge on any atom is -0.337 e. The quantitative estimate of drug-likeness (QED) is 0.328. The smallest absolute Gasteiger partial charge is 0.241 e. The minimum absolute atomic E-state index is 0.0118. The van der Waals surface area contributed by atoms with Gasteiger partial charge in [-0.1, -0.05) is 18.2 Å². The summed E-state index contributed by atoms with van der Waals surface area (Å²) in [7, 11) is -2.02. The number of aromatic nitrogens is 2. The first-order valence-corrected chi connectivity index (χ1v) is 14.6. The third kappa shape index (κ3) is 5.16. The van der Waals surface area contributed by atoms with Crippen molar-refractivity contribution in [2.75, 3.05) is 4.90 Å². The van der Waals surface area contributed by atoms with Gasteiger partial charge in [-0.3, -0.25) is 4.79 Å². The lowest BCUT2D eigenvalue weighted by molar-refractivity contribution is -0.120. The van der Waals surface area contributed by atoms with Crippen LogP contribution in [0.2, 0.25) is 0 Å². The van der Waals surface area contributed by atoms with E-state index in [4.69, 9.17) is 0 Å². The number of sulfonamides is 1. The highest BCUT2D eigenvalue weighted by Crippen LogP contribution is 2.49. The van der Waals surface area contributed by atoms with Crippen LogP contribution in [0.25, 0.3) is 0 Å². The van der Waals surface area contributed by atoms with Gasteiger partial charge in [-0.05, 0) is 90.4 Å². The van der Waals surface area contributed by atoms with E-state index in [1.807, 2.05) is 42.1 Å². The summed E-state index contributed by atoms with van der Waals surface area (Å²) in [6.07, 6.45) is 5.37. The Kier molecular flexibility index (Phi) is 6.75. The summed E-state index contributed by atoms with van der Waals surface area (Å²) in [5.74, 6) is -0.570. The summed E-state index contributed by atoms with van der Waals surface area (Å²) in [5.41, 5.74) is 3.26. The van der Waals surface area contributed by atoms with Crippen LogP contribution < -0.4 is 9.62 Å². The summed E-state index contributed by atoms with van der Waals surface area (Å²) in [4.78, 5) is 20.0. The maximum Gasteiger partial charge on any atom is 0.241 e. The van der Waals surface area contributed by atoms with E-state index in [1.165, 1.54) is 24.3 Å². The molecular formula is C30H28F2N4O3S. The van der Waals surface area contributed by atoms with Gasteiger partial charge in [0.2, 0.25) is 15.9 Å². The van der Waals surface area contributed by atoms with Gasteiger partial charge in [0.1, 0.15) is 17.5 Å². The molecule has 2 aliphatic carbocycles. The fraction of sp³-hybridized carbons (Fsp3) is 0.267. The lowest BCUT2D eigenvalue weighted by Gasteiger charge is -2.25. The van der Waals surface area contributed by atoms with Gasteiger partial charge in [0, 0.05) is 37.1 Å². The summed E-state index contributed by atoms with van der Waals surface area (Å²) in [6, 6.07) is 16.3. The van der Waals surface area contributed by atoms with Crippen molar-refractivity contribution in [3.05, 3.63) is 113 Å². The number of carbonyl (C=O) groups excluding carboxylic acids is 1. The van der Waals surface area contributed by atoms with Crippen molar-refractivity contribution >= 4 is 21.6 Å². The molecule has 0 bridgehead atoms. The standard InChI is InChI=1S/C30H28F2N4O3S/c1-35-14-13-33-29(35)18-36(30(37)27-17-25(27)20-3-2-4-22(32)15-20)23-9-5-19-6-12-28(26(19)16-23)34-40(38,39)24-10-7-21(31)8-11-24/h2-5,7-11,13-16,25,27-28,34H,6,12,17-18H2,1H3/t25-,27+,28-/m0/s1. The average molecular weight is 563 g/mol. The molecule has 1 fully saturated rings. The van der Waals surface area contributed by atoms with Crippen LogP contribution in [0.5, 0.6) is 0 Å². The summed E-state index contributed by atoms with van der Waals surface area (Å²) in [6.45, 7) is 0.236. The van der Waals surface area contributed by atoms with Crippen molar-refractivity contribution in [1.29, 1.82) is 0 Å². The van der Waals surface area contributed by atoms with Crippen LogP contribution in [0, 0.1) is 17.6 Å². The first kappa shape index (κ1) is 26.3. The molecule has 7 nitrogen and oxygen atoms in total. The lowest BCUT2D eigenvalue weighted by atomic mass is 10.1. The normalized spacial score (nSPS) is 19.8. The van der Waals surface area contributed by atoms with Crippen LogP contribution in [-0.2, 0) is 34.8 Å². The maximum atomic E-state index is 13.9. The van der Waals surface area contributed by atoms with Gasteiger partial charge in [-0.25, -0.2) is 26.9 Å². The van der Waals surface area contributed by atoms with Gasteiger partial charge in [0.15, 0.2) is 0 Å². The Labute approximate surface area is 231 Å². The fourth-order valence-electron chi connectivity index (χ4n) is 5.51. The third-order valence-corrected chi connectivity index (χ3v) is 9.30. The zero-order valence-corrected chi connectivity index (χ0v) is 22.6. The van der Waals surface area contributed by atoms with Crippen molar-refractivity contribution in [3.63, 3.8) is 0 Å². The SMILES string of the molecule is Cn1ccnc1CN(C(=O)[C@@H]1C[C@H]1c1cccc(F)c1)c1ccc2c(c1)[C@@H](NS(=O)(=O)c1ccc(F)cc1)CC2. The predicted octanol–water partition coefficient (Wildman–Crippen LogP) is 5.00. The van der Waals surface area contributed by atoms with Crippen LogP contribution >= 0.6 is 0 Å². The topological polar surface area (TPSA) is 84.3 Å². The molecule has 0 unspecified atom stereocenters. The second kappa shape index (κ2) is 10.3. The molecule has 6 rings (SSSR count). The molecule has 40 heavy (non-hydrogen) atoms. The van der Waals surface area contributed by atoms with E-state index < -0.39 is 21.9 Å². The summed E-state index contributed by atoms with van der Waals surface area (Å²) >= 11 is 0. The molecule has 0 saturated heterocycles. The van der Waals surface area contributed by atoms with E-state index in [-0.39, 0.29) is 35.0 Å². The van der Waals surface area contributed by atoms with Gasteiger partial charge < -0.3 is 9.47 Å². The molecule has 0 aliphatic heterocycles. The monoisotopic (exact) mass is 562 g/mol. The van der Waals surface area contributed by atoms with Crippen LogP contribution in [0.15, 0.2) is 84.0 Å². The summed E-state index contributed by atoms with van der Waals surface area (Å²) in [5, 5.41) is 0. The largest absolute Gasteiger partial charge is 0.337 e. The van der Waals surface area contributed by atoms with Crippen LogP contribution in [0.3, 0.4) is 0 Å². The van der Waals surface area contributed by atoms with Crippen molar-refractivity contribution in [2.24, 2.45) is 13.0 Å². The van der Waals surface area contributed by atoms with E-state index in [1.54, 1.807) is 17.2 Å². The molecule has 1 saturated carbocycles. The van der Waals surface area contributed by atoms with E-state index >= 15 is 0 Å². The van der Waals surface area contributed by atoms with Gasteiger partial charge in [-0.2, -0.15) is 0 Å². The molecule has 1 amide bonds. The van der Waals surface area contributed by atoms with Gasteiger partial charge in [0.25, 0.3) is 0 Å². The van der Waals surface area contributed by atoms with Gasteiger partial charge in [-0.15, -0.1) is 0 Å². The Morgan fingerprint density at radius 1 is 1.07 bits per heavy atom. The molecule has 206 valence electrons. The zero-order chi connectivity index (χ0) is 28.0. The number of imidazole rings is 1. The molecule has 0 radical (unpaired) electrons. The van der Waals surface area contributed by atoms with E-state index in [2.05, 4.69) is 9.71 Å². The number of aryl methyl sites for hydroxylation is 2.